The Labute approximate surface area is 197 Å². The largest absolute Gasteiger partial charge is 0.468 e. The number of halogens is 2. The van der Waals surface area contributed by atoms with Crippen molar-refractivity contribution in [2.75, 3.05) is 7.11 Å². The number of carbonyl (C=O) groups excluding carboxylic acids is 2. The number of fused-ring (bicyclic) bond motifs is 1. The van der Waals surface area contributed by atoms with E-state index in [1.165, 1.54) is 23.0 Å². The summed E-state index contributed by atoms with van der Waals surface area (Å²) in [5.74, 6) is 0.318. The summed E-state index contributed by atoms with van der Waals surface area (Å²) in [6.07, 6.45) is 0. The van der Waals surface area contributed by atoms with Crippen molar-refractivity contribution < 1.29 is 19.1 Å². The van der Waals surface area contributed by atoms with E-state index in [0.717, 1.165) is 4.70 Å². The lowest BCUT2D eigenvalue weighted by Gasteiger charge is -2.06. The predicted octanol–water partition coefficient (Wildman–Crippen LogP) is 5.72. The van der Waals surface area contributed by atoms with Crippen molar-refractivity contribution in [3.63, 3.8) is 0 Å². The molecule has 0 spiro atoms. The highest BCUT2D eigenvalue weighted by molar-refractivity contribution is 7.16. The molecule has 1 aromatic heterocycles. The van der Waals surface area contributed by atoms with Gasteiger partial charge in [-0.1, -0.05) is 52.7 Å². The molecule has 4 rings (SSSR count). The maximum Gasteiger partial charge on any atom is 0.325 e. The molecule has 9 heteroatoms. The lowest BCUT2D eigenvalue weighted by molar-refractivity contribution is -0.141. The fourth-order valence-corrected chi connectivity index (χ4v) is 4.48. The molecule has 0 aliphatic carbocycles. The third-order valence-electron chi connectivity index (χ3n) is 4.53. The summed E-state index contributed by atoms with van der Waals surface area (Å²) in [6, 6.07) is 19.4. The fraction of sp³-hybridized carbons (Fsp3) is 0.0870. The summed E-state index contributed by atoms with van der Waals surface area (Å²) in [7, 11) is 1.28. The molecule has 0 fully saturated rings. The Balaban J connectivity index is 1.69. The van der Waals surface area contributed by atoms with Crippen LogP contribution in [0.3, 0.4) is 0 Å². The molecule has 32 heavy (non-hydrogen) atoms. The van der Waals surface area contributed by atoms with Crippen LogP contribution in [-0.4, -0.2) is 23.6 Å². The number of aromatic nitrogens is 1. The van der Waals surface area contributed by atoms with Gasteiger partial charge in [0.1, 0.15) is 18.0 Å². The molecule has 3 aromatic carbocycles. The Bertz CT molecular complexity index is 1360. The van der Waals surface area contributed by atoms with E-state index >= 15 is 0 Å². The lowest BCUT2D eigenvalue weighted by Crippen LogP contribution is -2.22. The first-order valence-electron chi connectivity index (χ1n) is 9.42. The fourth-order valence-electron chi connectivity index (χ4n) is 2.97. The van der Waals surface area contributed by atoms with E-state index in [4.69, 9.17) is 32.7 Å². The lowest BCUT2D eigenvalue weighted by atomic mass is 10.2. The first-order valence-corrected chi connectivity index (χ1v) is 11.0. The van der Waals surface area contributed by atoms with Crippen molar-refractivity contribution in [2.24, 2.45) is 4.99 Å². The van der Waals surface area contributed by atoms with Crippen LogP contribution in [0.15, 0.2) is 71.7 Å². The van der Waals surface area contributed by atoms with Gasteiger partial charge in [-0.3, -0.25) is 9.59 Å². The quantitative estimate of drug-likeness (QED) is 0.338. The van der Waals surface area contributed by atoms with E-state index in [-0.39, 0.29) is 11.6 Å². The number of nitrogens with zero attached hydrogens (tertiary/aromatic N) is 2. The highest BCUT2D eigenvalue weighted by Crippen LogP contribution is 2.32. The van der Waals surface area contributed by atoms with E-state index in [9.17, 15) is 9.59 Å². The van der Waals surface area contributed by atoms with Crippen molar-refractivity contribution in [1.29, 1.82) is 0 Å². The van der Waals surface area contributed by atoms with E-state index < -0.39 is 11.9 Å². The van der Waals surface area contributed by atoms with Gasteiger partial charge in [0, 0.05) is 5.56 Å². The minimum absolute atomic E-state index is 0.160. The van der Waals surface area contributed by atoms with Crippen LogP contribution in [0.25, 0.3) is 10.2 Å². The van der Waals surface area contributed by atoms with Crippen molar-refractivity contribution >= 4 is 56.6 Å². The van der Waals surface area contributed by atoms with Crippen LogP contribution < -0.4 is 9.54 Å². The average Bonchev–Trinajstić information content (AvgIpc) is 3.14. The summed E-state index contributed by atoms with van der Waals surface area (Å²) < 4.78 is 12.8. The summed E-state index contributed by atoms with van der Waals surface area (Å²) in [6.45, 7) is -0.160. The van der Waals surface area contributed by atoms with Crippen molar-refractivity contribution in [3.8, 4) is 11.5 Å². The summed E-state index contributed by atoms with van der Waals surface area (Å²) in [5.41, 5.74) is 0.893. The zero-order valence-corrected chi connectivity index (χ0v) is 19.1. The smallest absolute Gasteiger partial charge is 0.325 e. The second-order valence-corrected chi connectivity index (χ2v) is 8.41. The number of hydrogen-bond donors (Lipinski definition) is 0. The molecule has 0 N–H and O–H groups in total. The van der Waals surface area contributed by atoms with Crippen LogP contribution in [0.2, 0.25) is 10.0 Å². The minimum Gasteiger partial charge on any atom is -0.468 e. The average molecular weight is 487 g/mol. The molecule has 162 valence electrons. The maximum atomic E-state index is 12.8. The number of amides is 1. The Morgan fingerprint density at radius 1 is 0.969 bits per heavy atom. The van der Waals surface area contributed by atoms with Crippen molar-refractivity contribution in [3.05, 3.63) is 87.1 Å². The normalized spacial score (nSPS) is 11.5. The number of rotatable bonds is 5. The standard InChI is InChI=1S/C23H16Cl2N2O4S/c1-30-19(28)13-27-21-18(12-11-17(24)20(21)25)32-23(27)26-22(29)14-7-9-16(10-8-14)31-15-5-3-2-4-6-15/h2-12H,13H2,1H3. The minimum atomic E-state index is -0.503. The van der Waals surface area contributed by atoms with Gasteiger partial charge in [-0.25, -0.2) is 0 Å². The Hall–Kier alpha value is -3.13. The number of hydrogen-bond acceptors (Lipinski definition) is 5. The molecule has 0 bridgehead atoms. The number of ether oxygens (including phenoxy) is 2. The zero-order chi connectivity index (χ0) is 22.7. The zero-order valence-electron chi connectivity index (χ0n) is 16.7. The first-order chi connectivity index (χ1) is 15.5. The number of methoxy groups -OCH3 is 1. The molecule has 1 amide bonds. The molecule has 0 unspecified atom stereocenters. The second kappa shape index (κ2) is 9.56. The van der Waals surface area contributed by atoms with Gasteiger partial charge in [0.15, 0.2) is 4.80 Å². The third kappa shape index (κ3) is 4.70. The number of thiazole rings is 1. The molecule has 0 saturated carbocycles. The second-order valence-electron chi connectivity index (χ2n) is 6.61. The number of benzene rings is 3. The highest BCUT2D eigenvalue weighted by atomic mass is 35.5. The summed E-state index contributed by atoms with van der Waals surface area (Å²) in [5, 5.41) is 0.614. The van der Waals surface area contributed by atoms with Crippen LogP contribution in [-0.2, 0) is 16.1 Å². The summed E-state index contributed by atoms with van der Waals surface area (Å²) >= 11 is 13.7. The number of esters is 1. The topological polar surface area (TPSA) is 69.9 Å². The van der Waals surface area contributed by atoms with Gasteiger partial charge in [0.25, 0.3) is 5.91 Å². The van der Waals surface area contributed by atoms with Crippen molar-refractivity contribution in [2.45, 2.75) is 6.54 Å². The maximum absolute atomic E-state index is 12.8. The van der Waals surface area contributed by atoms with Crippen molar-refractivity contribution in [1.82, 2.24) is 4.57 Å². The SMILES string of the molecule is COC(=O)Cn1c(=NC(=O)c2ccc(Oc3ccccc3)cc2)sc2ccc(Cl)c(Cl)c21. The van der Waals surface area contributed by atoms with E-state index in [0.29, 0.717) is 32.4 Å². The molecule has 4 aromatic rings. The molecule has 0 saturated heterocycles. The first kappa shape index (κ1) is 22.1. The van der Waals surface area contributed by atoms with Crippen LogP contribution >= 0.6 is 34.5 Å². The molecular weight excluding hydrogens is 471 g/mol. The third-order valence-corrected chi connectivity index (χ3v) is 6.36. The Morgan fingerprint density at radius 3 is 2.34 bits per heavy atom. The van der Waals surface area contributed by atoms with E-state index in [2.05, 4.69) is 4.99 Å². The molecule has 1 heterocycles. The van der Waals surface area contributed by atoms with Crippen LogP contribution in [0.4, 0.5) is 0 Å². The van der Waals surface area contributed by atoms with Gasteiger partial charge in [-0.05, 0) is 48.5 Å². The Kier molecular flexibility index (Phi) is 6.60. The highest BCUT2D eigenvalue weighted by Gasteiger charge is 2.16. The molecule has 0 aliphatic heterocycles. The van der Waals surface area contributed by atoms with E-state index in [1.807, 2.05) is 30.3 Å². The van der Waals surface area contributed by atoms with Gasteiger partial charge in [0.2, 0.25) is 0 Å². The molecule has 0 radical (unpaired) electrons. The molecule has 0 atom stereocenters. The van der Waals surface area contributed by atoms with Crippen LogP contribution in [0, 0.1) is 0 Å². The van der Waals surface area contributed by atoms with Crippen LogP contribution in [0.5, 0.6) is 11.5 Å². The Morgan fingerprint density at radius 2 is 1.66 bits per heavy atom. The summed E-state index contributed by atoms with van der Waals surface area (Å²) in [4.78, 5) is 29.3. The van der Waals surface area contributed by atoms with E-state index in [1.54, 1.807) is 36.4 Å². The predicted molar refractivity (Wildman–Crippen MR) is 125 cm³/mol. The molecular formula is C23H16Cl2N2O4S. The van der Waals surface area contributed by atoms with Crippen LogP contribution in [0.1, 0.15) is 10.4 Å². The molecule has 6 nitrogen and oxygen atoms in total. The van der Waals surface area contributed by atoms with Gasteiger partial charge < -0.3 is 14.0 Å². The van der Waals surface area contributed by atoms with Gasteiger partial charge in [-0.15, -0.1) is 0 Å². The van der Waals surface area contributed by atoms with Gasteiger partial charge in [-0.2, -0.15) is 4.99 Å². The van der Waals surface area contributed by atoms with Gasteiger partial charge >= 0.3 is 5.97 Å². The number of para-hydroxylation sites is 1. The number of carbonyl (C=O) groups is 2. The molecule has 0 aliphatic rings. The monoisotopic (exact) mass is 486 g/mol. The van der Waals surface area contributed by atoms with Gasteiger partial charge in [0.05, 0.1) is 27.4 Å².